The molecule has 0 radical (unpaired) electrons. The number of rotatable bonds is 4. The zero-order valence-electron chi connectivity index (χ0n) is 9.56. The molecule has 2 nitrogen and oxygen atoms in total. The Balaban J connectivity index is 2.28. The lowest BCUT2D eigenvalue weighted by molar-refractivity contribution is 0.168. The maximum atomic E-state index is 3.29. The van der Waals surface area contributed by atoms with E-state index >= 15 is 0 Å². The molecule has 13 heavy (non-hydrogen) atoms. The highest BCUT2D eigenvalue weighted by Gasteiger charge is 2.31. The molecular weight excluding hydrogens is 160 g/mol. The third kappa shape index (κ3) is 2.96. The summed E-state index contributed by atoms with van der Waals surface area (Å²) in [6.45, 7) is 9.52. The standard InChI is InChI=1S/C11H24N2/c1-10(12-4)6-9-13-8-5-7-11(13,2)3/h10,12H,5-9H2,1-4H3. The summed E-state index contributed by atoms with van der Waals surface area (Å²) >= 11 is 0. The first-order valence-electron chi connectivity index (χ1n) is 5.48. The van der Waals surface area contributed by atoms with Crippen molar-refractivity contribution >= 4 is 0 Å². The Hall–Kier alpha value is -0.0800. The lowest BCUT2D eigenvalue weighted by atomic mass is 10.0. The average molecular weight is 184 g/mol. The monoisotopic (exact) mass is 184 g/mol. The fourth-order valence-corrected chi connectivity index (χ4v) is 2.07. The molecule has 1 heterocycles. The van der Waals surface area contributed by atoms with Crippen molar-refractivity contribution in [3.8, 4) is 0 Å². The van der Waals surface area contributed by atoms with E-state index in [0.717, 1.165) is 0 Å². The molecule has 1 aliphatic heterocycles. The molecule has 0 amide bonds. The molecule has 78 valence electrons. The van der Waals surface area contributed by atoms with Crippen LogP contribution in [0.3, 0.4) is 0 Å². The van der Waals surface area contributed by atoms with Gasteiger partial charge in [-0.1, -0.05) is 0 Å². The molecule has 1 N–H and O–H groups in total. The molecule has 0 aromatic heterocycles. The van der Waals surface area contributed by atoms with Gasteiger partial charge in [0.25, 0.3) is 0 Å². The molecule has 1 aliphatic rings. The molecule has 1 rings (SSSR count). The molecule has 0 aliphatic carbocycles. The van der Waals surface area contributed by atoms with E-state index < -0.39 is 0 Å². The summed E-state index contributed by atoms with van der Waals surface area (Å²) in [7, 11) is 2.04. The quantitative estimate of drug-likeness (QED) is 0.717. The van der Waals surface area contributed by atoms with E-state index in [0.29, 0.717) is 11.6 Å². The van der Waals surface area contributed by atoms with Crippen molar-refractivity contribution in [3.63, 3.8) is 0 Å². The number of hydrogen-bond donors (Lipinski definition) is 1. The third-order valence-corrected chi connectivity index (χ3v) is 3.40. The topological polar surface area (TPSA) is 15.3 Å². The largest absolute Gasteiger partial charge is 0.317 e. The lowest BCUT2D eigenvalue weighted by Gasteiger charge is -2.32. The van der Waals surface area contributed by atoms with Crippen molar-refractivity contribution in [2.24, 2.45) is 0 Å². The number of hydrogen-bond acceptors (Lipinski definition) is 2. The van der Waals surface area contributed by atoms with Gasteiger partial charge in [-0.3, -0.25) is 4.90 Å². The minimum Gasteiger partial charge on any atom is -0.317 e. The molecular formula is C11H24N2. The Bertz CT molecular complexity index is 154. The van der Waals surface area contributed by atoms with Gasteiger partial charge in [0.05, 0.1) is 0 Å². The second kappa shape index (κ2) is 4.43. The molecule has 0 spiro atoms. The van der Waals surface area contributed by atoms with Crippen molar-refractivity contribution < 1.29 is 0 Å². The summed E-state index contributed by atoms with van der Waals surface area (Å²) in [5.74, 6) is 0. The maximum Gasteiger partial charge on any atom is 0.0153 e. The number of nitrogens with one attached hydrogen (secondary N) is 1. The fourth-order valence-electron chi connectivity index (χ4n) is 2.07. The highest BCUT2D eigenvalue weighted by molar-refractivity contribution is 4.87. The Kier molecular flexibility index (Phi) is 3.74. The van der Waals surface area contributed by atoms with Crippen LogP contribution in [-0.2, 0) is 0 Å². The van der Waals surface area contributed by atoms with Crippen molar-refractivity contribution in [1.29, 1.82) is 0 Å². The summed E-state index contributed by atoms with van der Waals surface area (Å²) in [6.07, 6.45) is 4.00. The Morgan fingerprint density at radius 1 is 1.46 bits per heavy atom. The van der Waals surface area contributed by atoms with E-state index in [1.54, 1.807) is 0 Å². The van der Waals surface area contributed by atoms with E-state index in [1.165, 1.54) is 32.4 Å². The summed E-state index contributed by atoms with van der Waals surface area (Å²) in [6, 6.07) is 0.649. The lowest BCUT2D eigenvalue weighted by Crippen LogP contribution is -2.40. The van der Waals surface area contributed by atoms with E-state index in [1.807, 2.05) is 7.05 Å². The highest BCUT2D eigenvalue weighted by Crippen LogP contribution is 2.27. The highest BCUT2D eigenvalue weighted by atomic mass is 15.2. The normalized spacial score (nSPS) is 24.9. The van der Waals surface area contributed by atoms with Crippen LogP contribution in [0.2, 0.25) is 0 Å². The molecule has 0 saturated carbocycles. The zero-order chi connectivity index (χ0) is 9.90. The van der Waals surface area contributed by atoms with Crippen molar-refractivity contribution in [3.05, 3.63) is 0 Å². The van der Waals surface area contributed by atoms with Gasteiger partial charge in [-0.25, -0.2) is 0 Å². The molecule has 0 bridgehead atoms. The Morgan fingerprint density at radius 3 is 2.62 bits per heavy atom. The second-order valence-corrected chi connectivity index (χ2v) is 4.88. The molecule has 2 heteroatoms. The minimum absolute atomic E-state index is 0.452. The Morgan fingerprint density at radius 2 is 2.15 bits per heavy atom. The smallest absolute Gasteiger partial charge is 0.0153 e. The summed E-state index contributed by atoms with van der Waals surface area (Å²) < 4.78 is 0. The van der Waals surface area contributed by atoms with Crippen LogP contribution in [0.5, 0.6) is 0 Å². The van der Waals surface area contributed by atoms with Crippen molar-refractivity contribution in [2.45, 2.75) is 51.6 Å². The van der Waals surface area contributed by atoms with E-state index in [-0.39, 0.29) is 0 Å². The first-order valence-corrected chi connectivity index (χ1v) is 5.48. The molecule has 0 aromatic carbocycles. The number of nitrogens with zero attached hydrogens (tertiary/aromatic N) is 1. The van der Waals surface area contributed by atoms with E-state index in [2.05, 4.69) is 31.0 Å². The van der Waals surface area contributed by atoms with Gasteiger partial charge in [-0.05, 0) is 53.6 Å². The van der Waals surface area contributed by atoms with Crippen molar-refractivity contribution in [2.75, 3.05) is 20.1 Å². The van der Waals surface area contributed by atoms with Crippen LogP contribution < -0.4 is 5.32 Å². The van der Waals surface area contributed by atoms with Gasteiger partial charge in [0, 0.05) is 18.1 Å². The molecule has 1 atom stereocenters. The molecule has 1 saturated heterocycles. The van der Waals surface area contributed by atoms with Gasteiger partial charge in [0.15, 0.2) is 0 Å². The van der Waals surface area contributed by atoms with E-state index in [9.17, 15) is 0 Å². The summed E-state index contributed by atoms with van der Waals surface area (Å²) in [5.41, 5.74) is 0.452. The van der Waals surface area contributed by atoms with Gasteiger partial charge in [-0.15, -0.1) is 0 Å². The van der Waals surface area contributed by atoms with Crippen LogP contribution in [0.15, 0.2) is 0 Å². The van der Waals surface area contributed by atoms with Gasteiger partial charge in [0.2, 0.25) is 0 Å². The second-order valence-electron chi connectivity index (χ2n) is 4.88. The molecule has 1 unspecified atom stereocenters. The van der Waals surface area contributed by atoms with Gasteiger partial charge in [-0.2, -0.15) is 0 Å². The van der Waals surface area contributed by atoms with Crippen LogP contribution in [-0.4, -0.2) is 36.6 Å². The summed E-state index contributed by atoms with van der Waals surface area (Å²) in [4.78, 5) is 2.63. The van der Waals surface area contributed by atoms with Gasteiger partial charge < -0.3 is 5.32 Å². The predicted molar refractivity (Wildman–Crippen MR) is 58.0 cm³/mol. The van der Waals surface area contributed by atoms with Crippen LogP contribution in [0, 0.1) is 0 Å². The molecule has 0 aromatic rings. The summed E-state index contributed by atoms with van der Waals surface area (Å²) in [5, 5.41) is 3.29. The first kappa shape index (κ1) is 11.0. The first-order chi connectivity index (χ1) is 6.06. The minimum atomic E-state index is 0.452. The Labute approximate surface area is 82.7 Å². The van der Waals surface area contributed by atoms with Gasteiger partial charge >= 0.3 is 0 Å². The van der Waals surface area contributed by atoms with Crippen LogP contribution in [0.1, 0.15) is 40.0 Å². The van der Waals surface area contributed by atoms with Crippen LogP contribution in [0.4, 0.5) is 0 Å². The van der Waals surface area contributed by atoms with Gasteiger partial charge in [0.1, 0.15) is 0 Å². The maximum absolute atomic E-state index is 3.29. The molecule has 1 fully saturated rings. The van der Waals surface area contributed by atoms with E-state index in [4.69, 9.17) is 0 Å². The van der Waals surface area contributed by atoms with Crippen LogP contribution in [0.25, 0.3) is 0 Å². The third-order valence-electron chi connectivity index (χ3n) is 3.40. The zero-order valence-corrected chi connectivity index (χ0v) is 9.56. The van der Waals surface area contributed by atoms with Crippen molar-refractivity contribution in [1.82, 2.24) is 10.2 Å². The fraction of sp³-hybridized carbons (Fsp3) is 1.00. The SMILES string of the molecule is CNC(C)CCN1CCCC1(C)C. The van der Waals surface area contributed by atoms with Crippen LogP contribution >= 0.6 is 0 Å². The predicted octanol–water partition coefficient (Wildman–Crippen LogP) is 1.86. The average Bonchev–Trinajstić information content (AvgIpc) is 2.41. The number of likely N-dealkylation sites (tertiary alicyclic amines) is 1.